The van der Waals surface area contributed by atoms with Crippen molar-refractivity contribution in [2.24, 2.45) is 0 Å². The fourth-order valence-electron chi connectivity index (χ4n) is 2.75. The summed E-state index contributed by atoms with van der Waals surface area (Å²) in [5, 5.41) is 4.17. The standard InChI is InChI=1S/C21H16Cl2FNO2/c1-27-21(26)18-10-19(24)17(14-5-3-2-4-6-14)11-20(18)25-12-13-7-15(22)9-16(23)8-13/h2-11,25H,12H2,1H3. The quantitative estimate of drug-likeness (QED) is 0.515. The van der Waals surface area contributed by atoms with Gasteiger partial charge in [-0.3, -0.25) is 0 Å². The Labute approximate surface area is 166 Å². The van der Waals surface area contributed by atoms with Crippen LogP contribution in [0.25, 0.3) is 11.1 Å². The van der Waals surface area contributed by atoms with E-state index in [0.717, 1.165) is 5.56 Å². The summed E-state index contributed by atoms with van der Waals surface area (Å²) >= 11 is 12.1. The number of carbonyl (C=O) groups is 1. The van der Waals surface area contributed by atoms with Gasteiger partial charge in [-0.15, -0.1) is 0 Å². The van der Waals surface area contributed by atoms with E-state index >= 15 is 0 Å². The molecule has 27 heavy (non-hydrogen) atoms. The lowest BCUT2D eigenvalue weighted by atomic mass is 10.0. The van der Waals surface area contributed by atoms with E-state index in [9.17, 15) is 9.18 Å². The van der Waals surface area contributed by atoms with Crippen LogP contribution in [0.15, 0.2) is 60.7 Å². The van der Waals surface area contributed by atoms with Crippen molar-refractivity contribution in [1.29, 1.82) is 0 Å². The van der Waals surface area contributed by atoms with Gasteiger partial charge in [0.1, 0.15) is 5.82 Å². The van der Waals surface area contributed by atoms with E-state index in [0.29, 0.717) is 33.4 Å². The highest BCUT2D eigenvalue weighted by Gasteiger charge is 2.17. The number of benzene rings is 3. The number of ether oxygens (including phenoxy) is 1. The minimum atomic E-state index is -0.625. The lowest BCUT2D eigenvalue weighted by Gasteiger charge is -2.14. The molecule has 3 nitrogen and oxygen atoms in total. The van der Waals surface area contributed by atoms with Gasteiger partial charge in [-0.2, -0.15) is 0 Å². The molecule has 0 saturated heterocycles. The molecule has 3 aromatic rings. The first-order chi connectivity index (χ1) is 13.0. The van der Waals surface area contributed by atoms with E-state index in [4.69, 9.17) is 27.9 Å². The third-order valence-electron chi connectivity index (χ3n) is 4.00. The van der Waals surface area contributed by atoms with Crippen LogP contribution in [-0.4, -0.2) is 13.1 Å². The normalized spacial score (nSPS) is 10.5. The highest BCUT2D eigenvalue weighted by molar-refractivity contribution is 6.34. The fraction of sp³-hybridized carbons (Fsp3) is 0.0952. The Morgan fingerprint density at radius 2 is 1.70 bits per heavy atom. The number of hydrogen-bond donors (Lipinski definition) is 1. The molecule has 0 unspecified atom stereocenters. The maximum atomic E-state index is 14.6. The molecule has 6 heteroatoms. The average Bonchev–Trinajstić information content (AvgIpc) is 2.66. The van der Waals surface area contributed by atoms with E-state index in [-0.39, 0.29) is 5.56 Å². The SMILES string of the molecule is COC(=O)c1cc(F)c(-c2ccccc2)cc1NCc1cc(Cl)cc(Cl)c1. The van der Waals surface area contributed by atoms with Crippen molar-refractivity contribution in [3.8, 4) is 11.1 Å². The zero-order valence-corrected chi connectivity index (χ0v) is 15.9. The molecule has 3 rings (SSSR count). The van der Waals surface area contributed by atoms with E-state index in [1.165, 1.54) is 13.2 Å². The number of esters is 1. The Morgan fingerprint density at radius 3 is 2.33 bits per heavy atom. The van der Waals surface area contributed by atoms with Crippen molar-refractivity contribution in [1.82, 2.24) is 0 Å². The van der Waals surface area contributed by atoms with Crippen molar-refractivity contribution in [2.75, 3.05) is 12.4 Å². The van der Waals surface area contributed by atoms with Gasteiger partial charge in [0, 0.05) is 27.8 Å². The summed E-state index contributed by atoms with van der Waals surface area (Å²) in [5.41, 5.74) is 2.49. The highest BCUT2D eigenvalue weighted by atomic mass is 35.5. The molecule has 0 spiro atoms. The predicted molar refractivity (Wildman–Crippen MR) is 107 cm³/mol. The second-order valence-electron chi connectivity index (χ2n) is 5.87. The van der Waals surface area contributed by atoms with Crippen LogP contribution >= 0.6 is 23.2 Å². The number of carbonyl (C=O) groups excluding carboxylic acids is 1. The lowest BCUT2D eigenvalue weighted by molar-refractivity contribution is 0.0601. The number of methoxy groups -OCH3 is 1. The zero-order chi connectivity index (χ0) is 19.4. The first-order valence-electron chi connectivity index (χ1n) is 8.14. The summed E-state index contributed by atoms with van der Waals surface area (Å²) in [4.78, 5) is 12.1. The molecular weight excluding hydrogens is 388 g/mol. The van der Waals surface area contributed by atoms with Crippen molar-refractivity contribution in [2.45, 2.75) is 6.54 Å². The summed E-state index contributed by atoms with van der Waals surface area (Å²) in [7, 11) is 1.26. The van der Waals surface area contributed by atoms with E-state index < -0.39 is 11.8 Å². The Morgan fingerprint density at radius 1 is 1.04 bits per heavy atom. The number of anilines is 1. The molecule has 0 saturated carbocycles. The third kappa shape index (κ3) is 4.59. The van der Waals surface area contributed by atoms with Crippen LogP contribution < -0.4 is 5.32 Å². The predicted octanol–water partition coefficient (Wildman–Crippen LogP) is 6.20. The maximum absolute atomic E-state index is 14.6. The van der Waals surface area contributed by atoms with Gasteiger partial charge in [-0.25, -0.2) is 9.18 Å². The van der Waals surface area contributed by atoms with E-state index in [2.05, 4.69) is 5.32 Å². The highest BCUT2D eigenvalue weighted by Crippen LogP contribution is 2.30. The van der Waals surface area contributed by atoms with Gasteiger partial charge in [0.25, 0.3) is 0 Å². The van der Waals surface area contributed by atoms with Crippen molar-refractivity contribution in [3.05, 3.63) is 87.7 Å². The molecular formula is C21H16Cl2FNO2. The van der Waals surface area contributed by atoms with Crippen LogP contribution in [0.4, 0.5) is 10.1 Å². The molecule has 3 aromatic carbocycles. The summed E-state index contributed by atoms with van der Waals surface area (Å²) in [6.45, 7) is 0.351. The maximum Gasteiger partial charge on any atom is 0.340 e. The van der Waals surface area contributed by atoms with Gasteiger partial charge in [-0.1, -0.05) is 53.5 Å². The Kier molecular flexibility index (Phi) is 5.99. The molecule has 0 aliphatic carbocycles. The number of nitrogens with one attached hydrogen (secondary N) is 1. The van der Waals surface area contributed by atoms with E-state index in [1.807, 2.05) is 18.2 Å². The Hall–Kier alpha value is -2.56. The van der Waals surface area contributed by atoms with Crippen LogP contribution in [0.1, 0.15) is 15.9 Å². The molecule has 0 bridgehead atoms. The topological polar surface area (TPSA) is 38.3 Å². The molecule has 1 N–H and O–H groups in total. The van der Waals surface area contributed by atoms with Crippen molar-refractivity contribution < 1.29 is 13.9 Å². The van der Waals surface area contributed by atoms with Gasteiger partial charge in [-0.05, 0) is 41.5 Å². The summed E-state index contributed by atoms with van der Waals surface area (Å²) in [6.07, 6.45) is 0. The largest absolute Gasteiger partial charge is 0.465 e. The van der Waals surface area contributed by atoms with Gasteiger partial charge in [0.05, 0.1) is 12.7 Å². The van der Waals surface area contributed by atoms with Gasteiger partial charge in [0.2, 0.25) is 0 Å². The minimum absolute atomic E-state index is 0.114. The number of hydrogen-bond acceptors (Lipinski definition) is 3. The van der Waals surface area contributed by atoms with Crippen LogP contribution in [0.3, 0.4) is 0 Å². The van der Waals surface area contributed by atoms with Crippen LogP contribution in [0.2, 0.25) is 10.0 Å². The van der Waals surface area contributed by atoms with Gasteiger partial charge in [0.15, 0.2) is 0 Å². The third-order valence-corrected chi connectivity index (χ3v) is 4.44. The fourth-order valence-corrected chi connectivity index (χ4v) is 3.32. The van der Waals surface area contributed by atoms with Gasteiger partial charge >= 0.3 is 5.97 Å². The molecule has 0 heterocycles. The van der Waals surface area contributed by atoms with Crippen molar-refractivity contribution in [3.63, 3.8) is 0 Å². The molecule has 0 radical (unpaired) electrons. The Bertz CT molecular complexity index is 957. The Balaban J connectivity index is 1.99. The zero-order valence-electron chi connectivity index (χ0n) is 14.4. The lowest BCUT2D eigenvalue weighted by Crippen LogP contribution is -2.09. The van der Waals surface area contributed by atoms with Crippen LogP contribution in [0, 0.1) is 5.82 Å². The molecule has 138 valence electrons. The monoisotopic (exact) mass is 403 g/mol. The van der Waals surface area contributed by atoms with Crippen LogP contribution in [-0.2, 0) is 11.3 Å². The number of halogens is 3. The molecule has 0 aromatic heterocycles. The smallest absolute Gasteiger partial charge is 0.340 e. The van der Waals surface area contributed by atoms with Gasteiger partial charge < -0.3 is 10.1 Å². The second kappa shape index (κ2) is 8.42. The summed E-state index contributed by atoms with van der Waals surface area (Å²) < 4.78 is 19.4. The van der Waals surface area contributed by atoms with E-state index in [1.54, 1.807) is 36.4 Å². The molecule has 0 fully saturated rings. The number of rotatable bonds is 5. The molecule has 0 atom stereocenters. The first-order valence-corrected chi connectivity index (χ1v) is 8.89. The van der Waals surface area contributed by atoms with Crippen molar-refractivity contribution >= 4 is 34.9 Å². The average molecular weight is 404 g/mol. The summed E-state index contributed by atoms with van der Waals surface area (Å²) in [6, 6.07) is 17.1. The minimum Gasteiger partial charge on any atom is -0.465 e. The second-order valence-corrected chi connectivity index (χ2v) is 6.74. The molecule has 0 aliphatic heterocycles. The molecule has 0 amide bonds. The first kappa shape index (κ1) is 19.2. The molecule has 0 aliphatic rings. The van der Waals surface area contributed by atoms with Crippen LogP contribution in [0.5, 0.6) is 0 Å². The summed E-state index contributed by atoms with van der Waals surface area (Å²) in [5.74, 6) is -1.13.